The molecule has 3 aromatic rings. The molecule has 3 N–H and O–H groups in total. The number of H-pyrrole nitrogens is 1. The van der Waals surface area contributed by atoms with Crippen molar-refractivity contribution in [2.75, 3.05) is 0 Å². The molecule has 0 saturated carbocycles. The minimum atomic E-state index is 0.0171. The van der Waals surface area contributed by atoms with Crippen LogP contribution in [0.3, 0.4) is 0 Å². The van der Waals surface area contributed by atoms with E-state index < -0.39 is 0 Å². The highest BCUT2D eigenvalue weighted by molar-refractivity contribution is 7.18. The molecule has 0 saturated heterocycles. The van der Waals surface area contributed by atoms with Crippen molar-refractivity contribution in [2.24, 2.45) is 0 Å². The molecule has 0 spiro atoms. The molecule has 0 aromatic carbocycles. The zero-order chi connectivity index (χ0) is 15.8. The first-order valence-electron chi connectivity index (χ1n) is 8.12. The van der Waals surface area contributed by atoms with E-state index in [9.17, 15) is 4.79 Å². The molecule has 0 bridgehead atoms. The van der Waals surface area contributed by atoms with Gasteiger partial charge in [-0.15, -0.1) is 11.3 Å². The molecule has 1 aliphatic carbocycles. The van der Waals surface area contributed by atoms with E-state index in [0.29, 0.717) is 6.54 Å². The summed E-state index contributed by atoms with van der Waals surface area (Å²) in [6, 6.07) is 4.05. The van der Waals surface area contributed by atoms with Crippen LogP contribution in [0.4, 0.5) is 0 Å². The smallest absolute Gasteiger partial charge is 0.260 e. The van der Waals surface area contributed by atoms with Gasteiger partial charge in [0.2, 0.25) is 0 Å². The van der Waals surface area contributed by atoms with Crippen molar-refractivity contribution < 1.29 is 9.73 Å². The normalized spacial score (nSPS) is 15.7. The maximum Gasteiger partial charge on any atom is 0.260 e. The first-order chi connectivity index (χ1) is 11.2. The number of aryl methyl sites for hydroxylation is 2. The first kappa shape index (κ1) is 14.7. The molecule has 3 heterocycles. The van der Waals surface area contributed by atoms with Crippen molar-refractivity contribution in [2.45, 2.75) is 45.2 Å². The van der Waals surface area contributed by atoms with E-state index in [1.807, 2.05) is 12.1 Å². The van der Waals surface area contributed by atoms with Gasteiger partial charge in [0.15, 0.2) is 11.6 Å². The Labute approximate surface area is 137 Å². The number of thiophene rings is 1. The van der Waals surface area contributed by atoms with E-state index in [4.69, 9.17) is 9.40 Å². The van der Waals surface area contributed by atoms with Gasteiger partial charge >= 0.3 is 0 Å². The van der Waals surface area contributed by atoms with Crippen LogP contribution in [0.1, 0.15) is 47.8 Å². The average molecular weight is 330 g/mol. The summed E-state index contributed by atoms with van der Waals surface area (Å²) in [6.07, 6.45) is 6.18. The van der Waals surface area contributed by atoms with Crippen LogP contribution in [0.15, 0.2) is 27.6 Å². The van der Waals surface area contributed by atoms with E-state index in [-0.39, 0.29) is 11.6 Å². The van der Waals surface area contributed by atoms with Gasteiger partial charge in [-0.05, 0) is 50.3 Å². The van der Waals surface area contributed by atoms with Crippen LogP contribution in [-0.2, 0) is 19.4 Å². The van der Waals surface area contributed by atoms with Crippen molar-refractivity contribution in [3.8, 4) is 0 Å². The second kappa shape index (κ2) is 5.94. The predicted molar refractivity (Wildman–Crippen MR) is 89.6 cm³/mol. The Morgan fingerprint density at radius 1 is 1.43 bits per heavy atom. The maximum atomic E-state index is 12.5. The Balaban J connectivity index is 1.60. The molecule has 0 fully saturated rings. The zero-order valence-electron chi connectivity index (χ0n) is 13.1. The van der Waals surface area contributed by atoms with Crippen LogP contribution >= 0.6 is 11.3 Å². The number of hydrogen-bond acceptors (Lipinski definition) is 4. The monoisotopic (exact) mass is 330 g/mol. The Hall–Kier alpha value is -1.92. The number of aromatic amines is 1. The molecule has 120 valence electrons. The summed E-state index contributed by atoms with van der Waals surface area (Å²) < 4.78 is 5.41. The van der Waals surface area contributed by atoms with Gasteiger partial charge in [0, 0.05) is 4.88 Å². The van der Waals surface area contributed by atoms with Crippen LogP contribution in [0, 0.1) is 0 Å². The van der Waals surface area contributed by atoms with Gasteiger partial charge in [-0.3, -0.25) is 4.79 Å². The predicted octanol–water partition coefficient (Wildman–Crippen LogP) is 2.28. The lowest BCUT2D eigenvalue weighted by Gasteiger charge is -2.09. The second-order valence-corrected chi connectivity index (χ2v) is 7.23. The topological polar surface area (TPSA) is 75.5 Å². The third-order valence-electron chi connectivity index (χ3n) is 4.53. The third kappa shape index (κ3) is 2.72. The number of nitrogens with zero attached hydrogens (tertiary/aromatic N) is 1. The fraction of sp³-hybridized carbons (Fsp3) is 0.412. The molecule has 4 rings (SSSR count). The van der Waals surface area contributed by atoms with Crippen LogP contribution in [0.2, 0.25) is 0 Å². The highest BCUT2D eigenvalue weighted by atomic mass is 32.1. The minimum absolute atomic E-state index is 0.0171. The van der Waals surface area contributed by atoms with E-state index in [2.05, 4.69) is 17.2 Å². The average Bonchev–Trinajstić information content (AvgIpc) is 3.19. The van der Waals surface area contributed by atoms with Gasteiger partial charge in [0.25, 0.3) is 5.56 Å². The molecular weight excluding hydrogens is 310 g/mol. The summed E-state index contributed by atoms with van der Waals surface area (Å²) in [7, 11) is 0. The van der Waals surface area contributed by atoms with Gasteiger partial charge in [-0.1, -0.05) is 0 Å². The fourth-order valence-electron chi connectivity index (χ4n) is 3.26. The second-order valence-electron chi connectivity index (χ2n) is 6.15. The number of hydrogen-bond donors (Lipinski definition) is 2. The fourth-order valence-corrected chi connectivity index (χ4v) is 4.54. The molecule has 3 aromatic heterocycles. The van der Waals surface area contributed by atoms with Crippen molar-refractivity contribution >= 4 is 21.6 Å². The highest BCUT2D eigenvalue weighted by Gasteiger charge is 2.20. The van der Waals surface area contributed by atoms with Gasteiger partial charge in [-0.25, -0.2) is 4.98 Å². The number of nitrogens with two attached hydrogens (primary N) is 1. The van der Waals surface area contributed by atoms with E-state index in [0.717, 1.165) is 34.6 Å². The van der Waals surface area contributed by atoms with Crippen molar-refractivity contribution in [3.63, 3.8) is 0 Å². The van der Waals surface area contributed by atoms with Crippen LogP contribution in [-0.4, -0.2) is 9.97 Å². The lowest BCUT2D eigenvalue weighted by molar-refractivity contribution is -0.710. The summed E-state index contributed by atoms with van der Waals surface area (Å²) >= 11 is 1.70. The molecule has 1 aliphatic rings. The molecule has 0 amide bonds. The molecule has 0 radical (unpaired) electrons. The number of rotatable bonds is 4. The third-order valence-corrected chi connectivity index (χ3v) is 5.72. The molecule has 5 nitrogen and oxygen atoms in total. The maximum absolute atomic E-state index is 12.5. The highest BCUT2D eigenvalue weighted by Crippen LogP contribution is 2.33. The molecule has 6 heteroatoms. The number of nitrogens with one attached hydrogen (secondary N) is 1. The standard InChI is InChI=1S/C17H19N3O2S/c1-10(12-6-4-8-22-12)18-9-14-19-16(21)15-11-5-2-3-7-13(11)23-17(15)20-14/h4,6,8,10,18H,2-3,5,7,9H2,1H3,(H,19,20,21)/p+1/t10-/m1/s1. The zero-order valence-corrected chi connectivity index (χ0v) is 13.9. The molecule has 0 aliphatic heterocycles. The largest absolute Gasteiger partial charge is 0.463 e. The van der Waals surface area contributed by atoms with Crippen molar-refractivity contribution in [1.29, 1.82) is 0 Å². The summed E-state index contributed by atoms with van der Waals surface area (Å²) in [5.41, 5.74) is 1.26. The Morgan fingerprint density at radius 2 is 2.30 bits per heavy atom. The van der Waals surface area contributed by atoms with E-state index >= 15 is 0 Å². The molecule has 1 atom stereocenters. The number of aromatic nitrogens is 2. The molecule has 0 unspecified atom stereocenters. The van der Waals surface area contributed by atoms with Crippen molar-refractivity contribution in [1.82, 2.24) is 9.97 Å². The lowest BCUT2D eigenvalue weighted by Crippen LogP contribution is -2.83. The number of furan rings is 1. The van der Waals surface area contributed by atoms with Crippen LogP contribution in [0.5, 0.6) is 0 Å². The van der Waals surface area contributed by atoms with Crippen molar-refractivity contribution in [3.05, 3.63) is 50.8 Å². The number of fused-ring (bicyclic) bond motifs is 3. The Kier molecular flexibility index (Phi) is 3.79. The van der Waals surface area contributed by atoms with Crippen LogP contribution in [0.25, 0.3) is 10.2 Å². The van der Waals surface area contributed by atoms with Crippen LogP contribution < -0.4 is 10.9 Å². The summed E-state index contributed by atoms with van der Waals surface area (Å²) in [4.78, 5) is 22.4. The van der Waals surface area contributed by atoms with E-state index in [1.54, 1.807) is 17.6 Å². The quantitative estimate of drug-likeness (QED) is 0.770. The molecule has 23 heavy (non-hydrogen) atoms. The number of quaternary nitrogens is 1. The first-order valence-corrected chi connectivity index (χ1v) is 8.94. The molecular formula is C17H20N3O2S+. The van der Waals surface area contributed by atoms with Gasteiger partial charge in [0.1, 0.15) is 17.4 Å². The summed E-state index contributed by atoms with van der Waals surface area (Å²) in [5, 5.41) is 2.95. The summed E-state index contributed by atoms with van der Waals surface area (Å²) in [6.45, 7) is 2.72. The lowest BCUT2D eigenvalue weighted by atomic mass is 9.97. The Bertz CT molecular complexity index is 879. The van der Waals surface area contributed by atoms with Gasteiger partial charge in [-0.2, -0.15) is 0 Å². The van der Waals surface area contributed by atoms with E-state index in [1.165, 1.54) is 23.3 Å². The Morgan fingerprint density at radius 3 is 3.13 bits per heavy atom. The minimum Gasteiger partial charge on any atom is -0.463 e. The SMILES string of the molecule is C[C@@H]([NH2+]Cc1nc2sc3c(c2c(=O)[nH]1)CCCC3)c1ccco1. The van der Waals surface area contributed by atoms with Gasteiger partial charge in [0.05, 0.1) is 11.6 Å². The van der Waals surface area contributed by atoms with Gasteiger partial charge < -0.3 is 14.7 Å². The summed E-state index contributed by atoms with van der Waals surface area (Å²) in [5.74, 6) is 1.67.